The van der Waals surface area contributed by atoms with Crippen LogP contribution >= 0.6 is 0 Å². The molecule has 2 aliphatic rings. The second-order valence-corrected chi connectivity index (χ2v) is 8.79. The molecule has 1 aliphatic heterocycles. The van der Waals surface area contributed by atoms with Crippen molar-refractivity contribution in [3.63, 3.8) is 0 Å². The van der Waals surface area contributed by atoms with E-state index < -0.39 is 0 Å². The molecule has 0 radical (unpaired) electrons. The Hall–Kier alpha value is -3.37. The fourth-order valence-electron chi connectivity index (χ4n) is 4.81. The van der Waals surface area contributed by atoms with Gasteiger partial charge in [-0.1, -0.05) is 0 Å². The smallest absolute Gasteiger partial charge is 0.159 e. The van der Waals surface area contributed by atoms with Crippen molar-refractivity contribution < 1.29 is 4.79 Å². The molecular formula is C25H28N6O. The molecule has 1 aliphatic carbocycles. The zero-order chi connectivity index (χ0) is 22.2. The number of Topliss-reactive ketones (excluding diaryl/α,β-unsaturated/α-hetero) is 1. The van der Waals surface area contributed by atoms with Crippen molar-refractivity contribution in [3.8, 4) is 6.07 Å². The Balaban J connectivity index is 1.33. The lowest BCUT2D eigenvalue weighted by atomic mass is 9.87. The van der Waals surface area contributed by atoms with Gasteiger partial charge in [0, 0.05) is 61.1 Å². The Kier molecular flexibility index (Phi) is 5.32. The number of piperazine rings is 1. The van der Waals surface area contributed by atoms with Crippen molar-refractivity contribution in [3.05, 3.63) is 53.7 Å². The third-order valence-electron chi connectivity index (χ3n) is 6.94. The van der Waals surface area contributed by atoms with E-state index in [2.05, 4.69) is 25.8 Å². The lowest BCUT2D eigenvalue weighted by Crippen LogP contribution is -2.46. The van der Waals surface area contributed by atoms with Crippen LogP contribution in [0.1, 0.15) is 41.7 Å². The molecule has 2 aromatic heterocycles. The summed E-state index contributed by atoms with van der Waals surface area (Å²) in [4.78, 5) is 21.2. The number of ketones is 1. The number of aromatic nitrogens is 2. The van der Waals surface area contributed by atoms with E-state index >= 15 is 0 Å². The Morgan fingerprint density at radius 2 is 1.75 bits per heavy atom. The van der Waals surface area contributed by atoms with Gasteiger partial charge in [0.25, 0.3) is 0 Å². The number of nitriles is 1. The largest absolute Gasteiger partial charge is 0.368 e. The summed E-state index contributed by atoms with van der Waals surface area (Å²) < 4.78 is 2.21. The molecule has 0 bridgehead atoms. The van der Waals surface area contributed by atoms with Crippen molar-refractivity contribution in [1.29, 1.82) is 5.26 Å². The molecule has 1 saturated heterocycles. The molecule has 3 aromatic rings. The maximum Gasteiger partial charge on any atom is 0.159 e. The highest BCUT2D eigenvalue weighted by Crippen LogP contribution is 2.36. The van der Waals surface area contributed by atoms with Crippen molar-refractivity contribution in [1.82, 2.24) is 14.9 Å². The van der Waals surface area contributed by atoms with E-state index in [4.69, 9.17) is 4.98 Å². The monoisotopic (exact) mass is 428 g/mol. The van der Waals surface area contributed by atoms with Crippen molar-refractivity contribution in [2.45, 2.75) is 31.8 Å². The quantitative estimate of drug-likeness (QED) is 0.628. The number of fused-ring (bicyclic) bond motifs is 1. The second-order valence-electron chi connectivity index (χ2n) is 8.79. The molecule has 1 saturated carbocycles. The van der Waals surface area contributed by atoms with Crippen LogP contribution in [0.25, 0.3) is 11.0 Å². The highest BCUT2D eigenvalue weighted by molar-refractivity contribution is 5.94. The number of rotatable bonds is 5. The van der Waals surface area contributed by atoms with E-state index in [1.807, 2.05) is 49.6 Å². The molecule has 0 unspecified atom stereocenters. The van der Waals surface area contributed by atoms with Crippen LogP contribution in [0.3, 0.4) is 0 Å². The van der Waals surface area contributed by atoms with Gasteiger partial charge in [0.2, 0.25) is 0 Å². The second kappa shape index (κ2) is 8.29. The lowest BCUT2D eigenvalue weighted by Gasteiger charge is -2.37. The summed E-state index contributed by atoms with van der Waals surface area (Å²) in [5.41, 5.74) is 3.51. The van der Waals surface area contributed by atoms with Crippen LogP contribution in [-0.2, 0) is 0 Å². The fraction of sp³-hybridized carbons (Fsp3) is 0.400. The van der Waals surface area contributed by atoms with E-state index in [0.717, 1.165) is 67.1 Å². The van der Waals surface area contributed by atoms with E-state index in [1.165, 1.54) is 0 Å². The number of nitrogens with one attached hydrogen (secondary N) is 1. The molecule has 7 nitrogen and oxygen atoms in total. The van der Waals surface area contributed by atoms with Crippen LogP contribution in [0.15, 0.2) is 42.6 Å². The predicted octanol–water partition coefficient (Wildman–Crippen LogP) is 3.36. The number of carbonyl (C=O) groups is 1. The van der Waals surface area contributed by atoms with Crippen LogP contribution in [0.5, 0.6) is 0 Å². The fourth-order valence-corrected chi connectivity index (χ4v) is 4.81. The van der Waals surface area contributed by atoms with E-state index in [1.54, 1.807) is 6.92 Å². The topological polar surface area (TPSA) is 77.2 Å². The van der Waals surface area contributed by atoms with Gasteiger partial charge in [0.15, 0.2) is 5.78 Å². The maximum atomic E-state index is 11.5. The standard InChI is InChI=1S/C25H28N6O/c1-17(32)18-3-5-21(6-4-18)29-9-11-30(12-10-29)24-8-7-23-19(15-26)16-31(25(23)28-24)22-13-20(14-22)27-2/h3-8,16,20,22,27H,9-14H2,1-2H3/t20-,22-. The molecule has 2 fully saturated rings. The van der Waals surface area contributed by atoms with E-state index in [9.17, 15) is 10.1 Å². The van der Waals surface area contributed by atoms with Crippen LogP contribution in [-0.4, -0.2) is 54.6 Å². The zero-order valence-corrected chi connectivity index (χ0v) is 18.6. The number of hydrogen-bond acceptors (Lipinski definition) is 6. The number of anilines is 2. The summed E-state index contributed by atoms with van der Waals surface area (Å²) >= 11 is 0. The highest BCUT2D eigenvalue weighted by Gasteiger charge is 2.31. The number of hydrogen-bond donors (Lipinski definition) is 1. The molecule has 0 amide bonds. The molecular weight excluding hydrogens is 400 g/mol. The zero-order valence-electron chi connectivity index (χ0n) is 18.6. The summed E-state index contributed by atoms with van der Waals surface area (Å²) in [5, 5.41) is 13.9. The average molecular weight is 429 g/mol. The third kappa shape index (κ3) is 3.61. The van der Waals surface area contributed by atoms with Gasteiger partial charge >= 0.3 is 0 Å². The Labute approximate surface area is 188 Å². The molecule has 0 spiro atoms. The first-order valence-corrected chi connectivity index (χ1v) is 11.3. The first-order chi connectivity index (χ1) is 15.6. The summed E-state index contributed by atoms with van der Waals surface area (Å²) in [7, 11) is 2.00. The normalized spacial score (nSPS) is 20.8. The molecule has 32 heavy (non-hydrogen) atoms. The van der Waals surface area contributed by atoms with Crippen molar-refractivity contribution in [2.24, 2.45) is 0 Å². The van der Waals surface area contributed by atoms with Gasteiger partial charge in [-0.25, -0.2) is 4.98 Å². The summed E-state index contributed by atoms with van der Waals surface area (Å²) in [6, 6.07) is 15.2. The highest BCUT2D eigenvalue weighted by atomic mass is 16.1. The maximum absolute atomic E-state index is 11.5. The first-order valence-electron chi connectivity index (χ1n) is 11.3. The van der Waals surface area contributed by atoms with Crippen molar-refractivity contribution in [2.75, 3.05) is 43.0 Å². The number of pyridine rings is 1. The molecule has 5 rings (SSSR count). The number of nitrogens with zero attached hydrogens (tertiary/aromatic N) is 5. The number of carbonyl (C=O) groups excluding carboxylic acids is 1. The van der Waals surface area contributed by atoms with E-state index in [-0.39, 0.29) is 5.78 Å². The van der Waals surface area contributed by atoms with Crippen LogP contribution in [0.2, 0.25) is 0 Å². The first kappa shape index (κ1) is 20.5. The van der Waals surface area contributed by atoms with Gasteiger partial charge in [-0.05, 0) is 63.2 Å². The molecule has 3 heterocycles. The molecule has 1 N–H and O–H groups in total. The van der Waals surface area contributed by atoms with Gasteiger partial charge in [-0.2, -0.15) is 5.26 Å². The Morgan fingerprint density at radius 1 is 1.06 bits per heavy atom. The van der Waals surface area contributed by atoms with Crippen molar-refractivity contribution >= 4 is 28.3 Å². The van der Waals surface area contributed by atoms with Crippen LogP contribution in [0, 0.1) is 11.3 Å². The molecule has 7 heteroatoms. The average Bonchev–Trinajstić information content (AvgIpc) is 3.16. The minimum absolute atomic E-state index is 0.0931. The van der Waals surface area contributed by atoms with E-state index in [0.29, 0.717) is 17.6 Å². The van der Waals surface area contributed by atoms with Gasteiger partial charge in [-0.3, -0.25) is 4.79 Å². The molecule has 164 valence electrons. The SMILES string of the molecule is CN[C@H]1C[C@H](n2cc(C#N)c3ccc(N4CCN(c5ccc(C(C)=O)cc5)CC4)nc32)C1. The number of benzene rings is 1. The van der Waals surface area contributed by atoms with Crippen LogP contribution in [0.4, 0.5) is 11.5 Å². The third-order valence-corrected chi connectivity index (χ3v) is 6.94. The minimum atomic E-state index is 0.0931. The Bertz CT molecular complexity index is 1180. The molecule has 0 atom stereocenters. The predicted molar refractivity (Wildman–Crippen MR) is 126 cm³/mol. The van der Waals surface area contributed by atoms with Gasteiger partial charge in [-0.15, -0.1) is 0 Å². The van der Waals surface area contributed by atoms with Crippen LogP contribution < -0.4 is 15.1 Å². The summed E-state index contributed by atoms with van der Waals surface area (Å²) in [6.07, 6.45) is 4.11. The lowest BCUT2D eigenvalue weighted by molar-refractivity contribution is 0.101. The Morgan fingerprint density at radius 3 is 2.38 bits per heavy atom. The minimum Gasteiger partial charge on any atom is -0.368 e. The summed E-state index contributed by atoms with van der Waals surface area (Å²) in [5.74, 6) is 1.06. The summed E-state index contributed by atoms with van der Waals surface area (Å²) in [6.45, 7) is 5.15. The van der Waals surface area contributed by atoms with Gasteiger partial charge in [0.1, 0.15) is 17.5 Å². The molecule has 1 aromatic carbocycles. The van der Waals surface area contributed by atoms with Gasteiger partial charge < -0.3 is 19.7 Å². The van der Waals surface area contributed by atoms with Gasteiger partial charge in [0.05, 0.1) is 5.56 Å².